The summed E-state index contributed by atoms with van der Waals surface area (Å²) in [6.07, 6.45) is 2.87. The molecular weight excluding hydrogens is 447 g/mol. The van der Waals surface area contributed by atoms with Gasteiger partial charge in [0.25, 0.3) is 0 Å². The van der Waals surface area contributed by atoms with Crippen molar-refractivity contribution in [1.29, 1.82) is 0 Å². The molecule has 180 valence electrons. The van der Waals surface area contributed by atoms with Gasteiger partial charge in [0.15, 0.2) is 11.6 Å². The van der Waals surface area contributed by atoms with E-state index >= 15 is 0 Å². The Morgan fingerprint density at radius 3 is 2.60 bits per heavy atom. The summed E-state index contributed by atoms with van der Waals surface area (Å²) in [5, 5.41) is 8.98. The van der Waals surface area contributed by atoms with Crippen LogP contribution >= 0.6 is 0 Å². The predicted molar refractivity (Wildman–Crippen MR) is 134 cm³/mol. The molecular formula is C26H27FN6O2. The second kappa shape index (κ2) is 8.65. The lowest BCUT2D eigenvalue weighted by atomic mass is 9.86. The highest BCUT2D eigenvalue weighted by molar-refractivity contribution is 6.08. The number of benzene rings is 2. The lowest BCUT2D eigenvalue weighted by Crippen LogP contribution is -2.35. The summed E-state index contributed by atoms with van der Waals surface area (Å²) in [7, 11) is 0. The van der Waals surface area contributed by atoms with Gasteiger partial charge in [-0.25, -0.2) is 9.37 Å². The van der Waals surface area contributed by atoms with Gasteiger partial charge < -0.3 is 20.9 Å². The van der Waals surface area contributed by atoms with Crippen molar-refractivity contribution in [2.24, 2.45) is 5.92 Å². The van der Waals surface area contributed by atoms with Crippen molar-refractivity contribution < 1.29 is 14.0 Å². The van der Waals surface area contributed by atoms with Gasteiger partial charge in [-0.05, 0) is 69.5 Å². The van der Waals surface area contributed by atoms with E-state index in [2.05, 4.69) is 25.9 Å². The molecule has 1 fully saturated rings. The van der Waals surface area contributed by atoms with Gasteiger partial charge in [-0.2, -0.15) is 4.98 Å². The van der Waals surface area contributed by atoms with Crippen LogP contribution in [0, 0.1) is 11.7 Å². The van der Waals surface area contributed by atoms with Crippen LogP contribution in [0.5, 0.6) is 0 Å². The van der Waals surface area contributed by atoms with Crippen molar-refractivity contribution in [3.63, 3.8) is 0 Å². The first-order valence-corrected chi connectivity index (χ1v) is 11.7. The fourth-order valence-corrected chi connectivity index (χ4v) is 4.28. The molecule has 1 saturated carbocycles. The Labute approximate surface area is 203 Å². The second-order valence-electron chi connectivity index (χ2n) is 9.36. The molecule has 0 spiro atoms. The van der Waals surface area contributed by atoms with Crippen LogP contribution < -0.4 is 20.9 Å². The number of aromatic nitrogens is 2. The normalized spacial score (nSPS) is 16.1. The van der Waals surface area contributed by atoms with Gasteiger partial charge in [0.1, 0.15) is 0 Å². The van der Waals surface area contributed by atoms with Crippen molar-refractivity contribution in [1.82, 2.24) is 9.97 Å². The van der Waals surface area contributed by atoms with E-state index in [-0.39, 0.29) is 29.5 Å². The van der Waals surface area contributed by atoms with Crippen LogP contribution in [0.4, 0.5) is 38.9 Å². The van der Waals surface area contributed by atoms with E-state index in [0.29, 0.717) is 23.6 Å². The first-order chi connectivity index (χ1) is 16.8. The maximum atomic E-state index is 14.6. The van der Waals surface area contributed by atoms with Gasteiger partial charge in [0.2, 0.25) is 17.8 Å². The number of anilines is 6. The largest absolute Gasteiger partial charge is 0.336 e. The van der Waals surface area contributed by atoms with Crippen LogP contribution in [0.1, 0.15) is 39.2 Å². The van der Waals surface area contributed by atoms with E-state index in [0.717, 1.165) is 30.3 Å². The van der Waals surface area contributed by atoms with Crippen molar-refractivity contribution >= 4 is 46.3 Å². The van der Waals surface area contributed by atoms with Crippen molar-refractivity contribution in [2.45, 2.75) is 39.0 Å². The molecule has 2 heterocycles. The monoisotopic (exact) mass is 474 g/mol. The minimum atomic E-state index is -0.645. The molecule has 35 heavy (non-hydrogen) atoms. The number of hydrogen-bond acceptors (Lipinski definition) is 6. The molecule has 1 aliphatic carbocycles. The average Bonchev–Trinajstić information content (AvgIpc) is 3.66. The summed E-state index contributed by atoms with van der Waals surface area (Å²) in [5.74, 6) is -0.384. The van der Waals surface area contributed by atoms with Gasteiger partial charge in [-0.1, -0.05) is 12.1 Å². The molecule has 0 saturated heterocycles. The summed E-state index contributed by atoms with van der Waals surface area (Å²) in [6.45, 7) is 6.36. The summed E-state index contributed by atoms with van der Waals surface area (Å²) >= 11 is 0. The Kier molecular flexibility index (Phi) is 5.62. The van der Waals surface area contributed by atoms with Crippen LogP contribution in [-0.4, -0.2) is 28.3 Å². The molecule has 1 aromatic heterocycles. The average molecular weight is 475 g/mol. The molecule has 2 amide bonds. The molecule has 9 heteroatoms. The maximum Gasteiger partial charge on any atom is 0.237 e. The van der Waals surface area contributed by atoms with Crippen molar-refractivity contribution in [3.8, 4) is 0 Å². The molecule has 1 aliphatic heterocycles. The summed E-state index contributed by atoms with van der Waals surface area (Å²) < 4.78 is 14.6. The molecule has 3 aromatic rings. The van der Waals surface area contributed by atoms with Gasteiger partial charge in [-0.3, -0.25) is 9.59 Å². The number of likely N-dealkylation sites (N-methyl/N-ethyl adjacent to an activating group) is 1. The Balaban J connectivity index is 1.38. The highest BCUT2D eigenvalue weighted by atomic mass is 19.1. The van der Waals surface area contributed by atoms with E-state index in [9.17, 15) is 14.0 Å². The zero-order valence-electron chi connectivity index (χ0n) is 19.9. The number of nitrogens with one attached hydrogen (secondary N) is 3. The van der Waals surface area contributed by atoms with Gasteiger partial charge >= 0.3 is 0 Å². The number of para-hydroxylation sites is 2. The fourth-order valence-electron chi connectivity index (χ4n) is 4.28. The minimum Gasteiger partial charge on any atom is -0.336 e. The number of hydrogen-bond donors (Lipinski definition) is 3. The lowest BCUT2D eigenvalue weighted by Gasteiger charge is -2.18. The minimum absolute atomic E-state index is 0.0237. The second-order valence-corrected chi connectivity index (χ2v) is 9.36. The Hall–Kier alpha value is -4.01. The van der Waals surface area contributed by atoms with Gasteiger partial charge in [0.05, 0.1) is 23.0 Å². The van der Waals surface area contributed by atoms with Crippen molar-refractivity contribution in [2.75, 3.05) is 27.4 Å². The molecule has 2 aliphatic rings. The number of fused-ring (bicyclic) bond motifs is 1. The lowest BCUT2D eigenvalue weighted by molar-refractivity contribution is -0.122. The Bertz CT molecular complexity index is 1320. The molecule has 0 atom stereocenters. The first kappa shape index (κ1) is 22.8. The van der Waals surface area contributed by atoms with Gasteiger partial charge in [0, 0.05) is 23.8 Å². The van der Waals surface area contributed by atoms with Gasteiger partial charge in [-0.15, -0.1) is 0 Å². The molecule has 0 bridgehead atoms. The van der Waals surface area contributed by atoms with Crippen LogP contribution in [-0.2, 0) is 15.0 Å². The highest BCUT2D eigenvalue weighted by Crippen LogP contribution is 2.43. The zero-order chi connectivity index (χ0) is 24.7. The van der Waals surface area contributed by atoms with Crippen LogP contribution in [0.15, 0.2) is 48.7 Å². The van der Waals surface area contributed by atoms with E-state index < -0.39 is 11.2 Å². The van der Waals surface area contributed by atoms with E-state index in [1.165, 1.54) is 0 Å². The van der Waals surface area contributed by atoms with E-state index in [4.69, 9.17) is 0 Å². The zero-order valence-corrected chi connectivity index (χ0v) is 19.9. The summed E-state index contributed by atoms with van der Waals surface area (Å²) in [4.78, 5) is 35.1. The molecule has 2 aromatic carbocycles. The summed E-state index contributed by atoms with van der Waals surface area (Å²) in [5.41, 5.74) is 2.94. The first-order valence-electron chi connectivity index (χ1n) is 11.7. The standard InChI is InChI=1S/C26H27FN6O2/c1-4-33-21-12-11-16(13-17(21)26(2,3)24(33)35)29-25-28-14-18(27)22(32-25)30-19-7-5-6-8-20(19)31-23(34)15-9-10-15/h5-8,11-15H,4,9-10H2,1-3H3,(H,31,34)(H2,28,29,30,32). The quantitative estimate of drug-likeness (QED) is 0.441. The topological polar surface area (TPSA) is 99.3 Å². The SMILES string of the molecule is CCN1C(=O)C(C)(C)c2cc(Nc3ncc(F)c(Nc4ccccc4NC(=O)C4CC4)n3)ccc21. The van der Waals surface area contributed by atoms with E-state index in [1.54, 1.807) is 29.2 Å². The Morgan fingerprint density at radius 2 is 1.89 bits per heavy atom. The number of carbonyl (C=O) groups excluding carboxylic acids is 2. The molecule has 3 N–H and O–H groups in total. The van der Waals surface area contributed by atoms with Crippen LogP contribution in [0.25, 0.3) is 0 Å². The fraction of sp³-hybridized carbons (Fsp3) is 0.308. The third-order valence-corrected chi connectivity index (χ3v) is 6.44. The van der Waals surface area contributed by atoms with Crippen molar-refractivity contribution in [3.05, 3.63) is 60.0 Å². The number of rotatable bonds is 7. The predicted octanol–water partition coefficient (Wildman–Crippen LogP) is 5.10. The van der Waals surface area contributed by atoms with E-state index in [1.807, 2.05) is 39.0 Å². The number of nitrogens with zero attached hydrogens (tertiary/aromatic N) is 3. The maximum absolute atomic E-state index is 14.6. The highest BCUT2D eigenvalue weighted by Gasteiger charge is 2.43. The number of halogens is 1. The molecule has 8 nitrogen and oxygen atoms in total. The third-order valence-electron chi connectivity index (χ3n) is 6.44. The smallest absolute Gasteiger partial charge is 0.237 e. The molecule has 0 radical (unpaired) electrons. The number of carbonyl (C=O) groups is 2. The third kappa shape index (κ3) is 4.29. The number of amides is 2. The van der Waals surface area contributed by atoms with Crippen LogP contribution in [0.3, 0.4) is 0 Å². The van der Waals surface area contributed by atoms with Crippen LogP contribution in [0.2, 0.25) is 0 Å². The molecule has 0 unspecified atom stereocenters. The Morgan fingerprint density at radius 1 is 1.14 bits per heavy atom. The summed E-state index contributed by atoms with van der Waals surface area (Å²) in [6, 6.07) is 12.8. The molecule has 5 rings (SSSR count).